The monoisotopic (exact) mass is 391 g/mol. The third kappa shape index (κ3) is 6.27. The molecule has 1 heterocycles. The third-order valence-corrected chi connectivity index (χ3v) is 5.00. The number of rotatable bonds is 8. The van der Waals surface area contributed by atoms with Crippen molar-refractivity contribution in [1.29, 1.82) is 0 Å². The van der Waals surface area contributed by atoms with Crippen LogP contribution in [0.4, 0.5) is 0 Å². The van der Waals surface area contributed by atoms with Gasteiger partial charge in [-0.05, 0) is 23.6 Å². The number of allylic oxidation sites excluding steroid dienone is 1. The molecule has 1 saturated heterocycles. The van der Waals surface area contributed by atoms with Crippen LogP contribution in [-0.2, 0) is 13.0 Å². The maximum absolute atomic E-state index is 10.2. The van der Waals surface area contributed by atoms with Crippen LogP contribution in [-0.4, -0.2) is 59.7 Å². The number of amidine groups is 1. The molecule has 0 unspecified atom stereocenters. The third-order valence-electron chi connectivity index (χ3n) is 5.00. The first kappa shape index (κ1) is 20.8. The number of benzene rings is 2. The van der Waals surface area contributed by atoms with Gasteiger partial charge in [-0.3, -0.25) is 9.80 Å². The highest BCUT2D eigenvalue weighted by atomic mass is 16.3. The van der Waals surface area contributed by atoms with E-state index in [4.69, 9.17) is 5.73 Å². The number of phenols is 1. The summed E-state index contributed by atoms with van der Waals surface area (Å²) in [5.41, 5.74) is 8.83. The minimum Gasteiger partial charge on any atom is -0.507 e. The zero-order valence-electron chi connectivity index (χ0n) is 16.7. The molecule has 0 saturated carbocycles. The topological polar surface area (TPSA) is 77.5 Å². The SMILES string of the molecule is C=CCc1cccc(/C=N/N=C(\N)CN2CCN(Cc3ccccc3)CC2)c1O. The van der Waals surface area contributed by atoms with Crippen LogP contribution in [0.5, 0.6) is 5.75 Å². The number of nitrogens with two attached hydrogens (primary N) is 1. The maximum atomic E-state index is 10.2. The summed E-state index contributed by atoms with van der Waals surface area (Å²) in [6.07, 6.45) is 3.90. The van der Waals surface area contributed by atoms with Crippen molar-refractivity contribution in [2.24, 2.45) is 15.9 Å². The van der Waals surface area contributed by atoms with Gasteiger partial charge in [-0.2, -0.15) is 5.10 Å². The van der Waals surface area contributed by atoms with E-state index in [1.54, 1.807) is 12.1 Å². The molecule has 1 aliphatic rings. The highest BCUT2D eigenvalue weighted by molar-refractivity contribution is 5.86. The fourth-order valence-electron chi connectivity index (χ4n) is 3.41. The number of nitrogens with zero attached hydrogens (tertiary/aromatic N) is 4. The molecule has 152 valence electrons. The van der Waals surface area contributed by atoms with Gasteiger partial charge in [-0.25, -0.2) is 0 Å². The van der Waals surface area contributed by atoms with Gasteiger partial charge in [-0.15, -0.1) is 11.7 Å². The summed E-state index contributed by atoms with van der Waals surface area (Å²) < 4.78 is 0. The molecule has 1 aliphatic heterocycles. The van der Waals surface area contributed by atoms with Crippen LogP contribution in [0.3, 0.4) is 0 Å². The molecular formula is C23H29N5O. The van der Waals surface area contributed by atoms with Gasteiger partial charge in [0.1, 0.15) is 11.6 Å². The lowest BCUT2D eigenvalue weighted by atomic mass is 10.1. The molecule has 2 aromatic carbocycles. The number of aromatic hydroxyl groups is 1. The summed E-state index contributed by atoms with van der Waals surface area (Å²) in [7, 11) is 0. The van der Waals surface area contributed by atoms with Crippen molar-refractivity contribution in [3.8, 4) is 5.75 Å². The Morgan fingerprint density at radius 2 is 1.76 bits per heavy atom. The first-order chi connectivity index (χ1) is 14.2. The number of hydrogen-bond donors (Lipinski definition) is 2. The zero-order valence-corrected chi connectivity index (χ0v) is 16.7. The molecule has 1 fully saturated rings. The minimum atomic E-state index is 0.208. The quantitative estimate of drug-likeness (QED) is 0.314. The standard InChI is InChI=1S/C23H29N5O/c1-2-7-20-10-6-11-21(23(20)29)16-25-26-22(24)18-28-14-12-27(13-15-28)17-19-8-4-3-5-9-19/h2-6,8-11,16,29H,1,7,12-15,17-18H2,(H2,24,26)/b25-16+. The molecular weight excluding hydrogens is 362 g/mol. The molecule has 0 amide bonds. The molecule has 0 atom stereocenters. The molecule has 0 radical (unpaired) electrons. The summed E-state index contributed by atoms with van der Waals surface area (Å²) >= 11 is 0. The van der Waals surface area contributed by atoms with Gasteiger partial charge in [0.05, 0.1) is 12.8 Å². The van der Waals surface area contributed by atoms with Crippen LogP contribution < -0.4 is 5.73 Å². The highest BCUT2D eigenvalue weighted by Crippen LogP contribution is 2.21. The summed E-state index contributed by atoms with van der Waals surface area (Å²) in [4.78, 5) is 4.74. The minimum absolute atomic E-state index is 0.208. The summed E-state index contributed by atoms with van der Waals surface area (Å²) in [5, 5.41) is 18.4. The van der Waals surface area contributed by atoms with Crippen molar-refractivity contribution >= 4 is 12.1 Å². The van der Waals surface area contributed by atoms with E-state index in [0.29, 0.717) is 24.4 Å². The first-order valence-corrected chi connectivity index (χ1v) is 9.91. The molecule has 2 aromatic rings. The van der Waals surface area contributed by atoms with E-state index in [9.17, 15) is 5.11 Å². The zero-order chi connectivity index (χ0) is 20.5. The van der Waals surface area contributed by atoms with Crippen molar-refractivity contribution in [3.63, 3.8) is 0 Å². The Balaban J connectivity index is 1.48. The lowest BCUT2D eigenvalue weighted by molar-refractivity contribution is 0.140. The van der Waals surface area contributed by atoms with Crippen molar-refractivity contribution < 1.29 is 5.11 Å². The average molecular weight is 392 g/mol. The summed E-state index contributed by atoms with van der Waals surface area (Å²) in [6.45, 7) is 9.21. The molecule has 0 spiro atoms. The second-order valence-electron chi connectivity index (χ2n) is 7.22. The highest BCUT2D eigenvalue weighted by Gasteiger charge is 2.17. The van der Waals surface area contributed by atoms with Gasteiger partial charge in [0.15, 0.2) is 0 Å². The van der Waals surface area contributed by atoms with Crippen LogP contribution in [0.25, 0.3) is 0 Å². The van der Waals surface area contributed by atoms with E-state index in [2.05, 4.69) is 50.8 Å². The van der Waals surface area contributed by atoms with E-state index in [0.717, 1.165) is 38.3 Å². The Bertz CT molecular complexity index is 855. The predicted molar refractivity (Wildman–Crippen MR) is 119 cm³/mol. The van der Waals surface area contributed by atoms with E-state index in [1.807, 2.05) is 18.2 Å². The Kier molecular flexibility index (Phi) is 7.55. The Labute approximate surface area is 172 Å². The molecule has 6 nitrogen and oxygen atoms in total. The molecule has 0 aromatic heterocycles. The number of para-hydroxylation sites is 1. The Morgan fingerprint density at radius 1 is 1.03 bits per heavy atom. The maximum Gasteiger partial charge on any atom is 0.136 e. The van der Waals surface area contributed by atoms with E-state index in [1.165, 1.54) is 11.8 Å². The number of piperazine rings is 1. The Hall–Kier alpha value is -2.96. The van der Waals surface area contributed by atoms with Crippen LogP contribution in [0.2, 0.25) is 0 Å². The van der Waals surface area contributed by atoms with Crippen molar-refractivity contribution in [2.45, 2.75) is 13.0 Å². The smallest absolute Gasteiger partial charge is 0.136 e. The molecule has 29 heavy (non-hydrogen) atoms. The van der Waals surface area contributed by atoms with Gasteiger partial charge in [0, 0.05) is 38.3 Å². The molecule has 0 bridgehead atoms. The van der Waals surface area contributed by atoms with E-state index in [-0.39, 0.29) is 5.75 Å². The summed E-state index contributed by atoms with van der Waals surface area (Å²) in [6, 6.07) is 16.1. The van der Waals surface area contributed by atoms with E-state index >= 15 is 0 Å². The van der Waals surface area contributed by atoms with Crippen LogP contribution in [0.1, 0.15) is 16.7 Å². The second-order valence-corrected chi connectivity index (χ2v) is 7.22. The number of hydrogen-bond acceptors (Lipinski definition) is 5. The lowest BCUT2D eigenvalue weighted by Crippen LogP contribution is -2.48. The fourth-order valence-corrected chi connectivity index (χ4v) is 3.41. The van der Waals surface area contributed by atoms with Gasteiger partial charge < -0.3 is 10.8 Å². The Morgan fingerprint density at radius 3 is 2.48 bits per heavy atom. The molecule has 3 rings (SSSR count). The molecule has 0 aliphatic carbocycles. The van der Waals surface area contributed by atoms with Gasteiger partial charge in [0.25, 0.3) is 0 Å². The van der Waals surface area contributed by atoms with Crippen molar-refractivity contribution in [1.82, 2.24) is 9.80 Å². The van der Waals surface area contributed by atoms with Gasteiger partial charge in [0.2, 0.25) is 0 Å². The largest absolute Gasteiger partial charge is 0.507 e. The second kappa shape index (κ2) is 10.5. The lowest BCUT2D eigenvalue weighted by Gasteiger charge is -2.34. The summed E-state index contributed by atoms with van der Waals surface area (Å²) in [5.74, 6) is 0.680. The molecule has 3 N–H and O–H groups in total. The van der Waals surface area contributed by atoms with Crippen LogP contribution in [0, 0.1) is 0 Å². The fraction of sp³-hybridized carbons (Fsp3) is 0.304. The first-order valence-electron chi connectivity index (χ1n) is 9.91. The van der Waals surface area contributed by atoms with Crippen molar-refractivity contribution in [2.75, 3.05) is 32.7 Å². The average Bonchev–Trinajstić information content (AvgIpc) is 2.73. The van der Waals surface area contributed by atoms with Crippen LogP contribution >= 0.6 is 0 Å². The van der Waals surface area contributed by atoms with Crippen molar-refractivity contribution in [3.05, 3.63) is 77.9 Å². The van der Waals surface area contributed by atoms with Gasteiger partial charge >= 0.3 is 0 Å². The number of phenolic OH excluding ortho intramolecular Hbond substituents is 1. The molecule has 6 heteroatoms. The predicted octanol–water partition coefficient (Wildman–Crippen LogP) is 2.63. The van der Waals surface area contributed by atoms with E-state index < -0.39 is 0 Å². The van der Waals surface area contributed by atoms with Crippen LogP contribution in [0.15, 0.2) is 71.4 Å². The normalized spacial score (nSPS) is 16.3. The van der Waals surface area contributed by atoms with Gasteiger partial charge in [-0.1, -0.05) is 48.5 Å².